The molecule has 21 heavy (non-hydrogen) atoms. The molecule has 1 N–H and O–H groups in total. The Balaban J connectivity index is 1.87. The molecule has 2 aromatic carbocycles. The van der Waals surface area contributed by atoms with Crippen LogP contribution in [0.3, 0.4) is 0 Å². The zero-order valence-electron chi connectivity index (χ0n) is 13.0. The van der Waals surface area contributed by atoms with Gasteiger partial charge in [0.1, 0.15) is 12.4 Å². The van der Waals surface area contributed by atoms with E-state index in [0.29, 0.717) is 6.04 Å². The van der Waals surface area contributed by atoms with Gasteiger partial charge in [0.05, 0.1) is 0 Å². The van der Waals surface area contributed by atoms with Crippen molar-refractivity contribution >= 4 is 0 Å². The predicted molar refractivity (Wildman–Crippen MR) is 88.9 cm³/mol. The summed E-state index contributed by atoms with van der Waals surface area (Å²) in [5.41, 5.74) is 2.65. The fraction of sp³-hybridized carbons (Fsp3) is 0.368. The van der Waals surface area contributed by atoms with Gasteiger partial charge in [-0.3, -0.25) is 0 Å². The van der Waals surface area contributed by atoms with Gasteiger partial charge in [0.15, 0.2) is 0 Å². The standard InChI is InChI=1S/C19H25NO/c1-3-18(20-4-2)15-21-19-12-10-17(11-13-19)14-16-8-6-5-7-9-16/h5-13,18,20H,3-4,14-15H2,1-2H3. The average Bonchev–Trinajstić information content (AvgIpc) is 2.54. The number of nitrogens with one attached hydrogen (secondary N) is 1. The van der Waals surface area contributed by atoms with E-state index in [2.05, 4.69) is 73.8 Å². The lowest BCUT2D eigenvalue weighted by Gasteiger charge is -2.16. The number of hydrogen-bond acceptors (Lipinski definition) is 2. The van der Waals surface area contributed by atoms with Crippen molar-refractivity contribution in [3.05, 3.63) is 65.7 Å². The van der Waals surface area contributed by atoms with E-state index in [1.807, 2.05) is 0 Å². The Kier molecular flexibility index (Phi) is 6.29. The van der Waals surface area contributed by atoms with Crippen LogP contribution in [0, 0.1) is 0 Å². The second kappa shape index (κ2) is 8.48. The summed E-state index contributed by atoms with van der Waals surface area (Å²) in [5.74, 6) is 0.947. The van der Waals surface area contributed by atoms with Gasteiger partial charge in [-0.05, 0) is 42.6 Å². The topological polar surface area (TPSA) is 21.3 Å². The van der Waals surface area contributed by atoms with Crippen LogP contribution in [0.5, 0.6) is 5.75 Å². The van der Waals surface area contributed by atoms with Gasteiger partial charge < -0.3 is 10.1 Å². The van der Waals surface area contributed by atoms with Gasteiger partial charge in [-0.1, -0.05) is 56.3 Å². The first-order valence-electron chi connectivity index (χ1n) is 7.80. The molecule has 0 radical (unpaired) electrons. The molecular weight excluding hydrogens is 258 g/mol. The molecule has 0 aromatic heterocycles. The summed E-state index contributed by atoms with van der Waals surface area (Å²) in [4.78, 5) is 0. The third-order valence-electron chi connectivity index (χ3n) is 3.61. The van der Waals surface area contributed by atoms with Gasteiger partial charge in [0, 0.05) is 6.04 Å². The van der Waals surface area contributed by atoms with Gasteiger partial charge >= 0.3 is 0 Å². The molecule has 112 valence electrons. The van der Waals surface area contributed by atoms with E-state index >= 15 is 0 Å². The number of likely N-dealkylation sites (N-methyl/N-ethyl adjacent to an activating group) is 1. The predicted octanol–water partition coefficient (Wildman–Crippen LogP) is 4.04. The van der Waals surface area contributed by atoms with Gasteiger partial charge in [0.2, 0.25) is 0 Å². The van der Waals surface area contributed by atoms with Crippen molar-refractivity contribution in [2.24, 2.45) is 0 Å². The van der Waals surface area contributed by atoms with Crippen LogP contribution in [0.2, 0.25) is 0 Å². The molecule has 1 atom stereocenters. The van der Waals surface area contributed by atoms with E-state index < -0.39 is 0 Å². The molecule has 2 nitrogen and oxygen atoms in total. The smallest absolute Gasteiger partial charge is 0.119 e. The summed E-state index contributed by atoms with van der Waals surface area (Å²) < 4.78 is 5.85. The summed E-state index contributed by atoms with van der Waals surface area (Å²) in [6.07, 6.45) is 2.05. The molecular formula is C19H25NO. The number of benzene rings is 2. The Morgan fingerprint density at radius 2 is 1.57 bits per heavy atom. The molecule has 0 aliphatic carbocycles. The van der Waals surface area contributed by atoms with E-state index in [0.717, 1.165) is 31.7 Å². The maximum atomic E-state index is 5.85. The second-order valence-electron chi connectivity index (χ2n) is 5.28. The van der Waals surface area contributed by atoms with Crippen LogP contribution < -0.4 is 10.1 Å². The highest BCUT2D eigenvalue weighted by atomic mass is 16.5. The van der Waals surface area contributed by atoms with Gasteiger partial charge in [-0.25, -0.2) is 0 Å². The number of hydrogen-bond donors (Lipinski definition) is 1. The summed E-state index contributed by atoms with van der Waals surface area (Å²) in [5, 5.41) is 3.42. The zero-order chi connectivity index (χ0) is 14.9. The highest BCUT2D eigenvalue weighted by Gasteiger charge is 2.05. The zero-order valence-corrected chi connectivity index (χ0v) is 13.0. The molecule has 0 saturated carbocycles. The minimum Gasteiger partial charge on any atom is -0.492 e. The van der Waals surface area contributed by atoms with Crippen molar-refractivity contribution in [2.75, 3.05) is 13.2 Å². The third-order valence-corrected chi connectivity index (χ3v) is 3.61. The highest BCUT2D eigenvalue weighted by molar-refractivity contribution is 5.31. The van der Waals surface area contributed by atoms with Crippen molar-refractivity contribution in [3.8, 4) is 5.75 Å². The van der Waals surface area contributed by atoms with Crippen molar-refractivity contribution < 1.29 is 4.74 Å². The number of ether oxygens (including phenoxy) is 1. The molecule has 0 aliphatic heterocycles. The lowest BCUT2D eigenvalue weighted by atomic mass is 10.1. The average molecular weight is 283 g/mol. The maximum absolute atomic E-state index is 5.85. The molecule has 0 aliphatic rings. The highest BCUT2D eigenvalue weighted by Crippen LogP contribution is 2.15. The van der Waals surface area contributed by atoms with Crippen LogP contribution in [0.1, 0.15) is 31.4 Å². The summed E-state index contributed by atoms with van der Waals surface area (Å²) >= 11 is 0. The van der Waals surface area contributed by atoms with Crippen LogP contribution in [0.15, 0.2) is 54.6 Å². The van der Waals surface area contributed by atoms with Crippen molar-refractivity contribution in [1.82, 2.24) is 5.32 Å². The Morgan fingerprint density at radius 3 is 2.19 bits per heavy atom. The SMILES string of the molecule is CCNC(CC)COc1ccc(Cc2ccccc2)cc1. The quantitative estimate of drug-likeness (QED) is 0.789. The first-order chi connectivity index (χ1) is 10.3. The lowest BCUT2D eigenvalue weighted by Crippen LogP contribution is -2.33. The first kappa shape index (κ1) is 15.6. The van der Waals surface area contributed by atoms with Crippen LogP contribution in [0.25, 0.3) is 0 Å². The molecule has 0 saturated heterocycles. The maximum Gasteiger partial charge on any atom is 0.119 e. The molecule has 0 amide bonds. The van der Waals surface area contributed by atoms with Crippen LogP contribution in [0.4, 0.5) is 0 Å². The van der Waals surface area contributed by atoms with E-state index in [1.54, 1.807) is 0 Å². The molecule has 0 fully saturated rings. The fourth-order valence-electron chi connectivity index (χ4n) is 2.34. The monoisotopic (exact) mass is 283 g/mol. The van der Waals surface area contributed by atoms with Crippen LogP contribution >= 0.6 is 0 Å². The van der Waals surface area contributed by atoms with Crippen molar-refractivity contribution in [1.29, 1.82) is 0 Å². The summed E-state index contributed by atoms with van der Waals surface area (Å²) in [7, 11) is 0. The normalized spacial score (nSPS) is 12.1. The summed E-state index contributed by atoms with van der Waals surface area (Å²) in [6, 6.07) is 19.4. The molecule has 2 heteroatoms. The molecule has 2 rings (SSSR count). The van der Waals surface area contributed by atoms with Crippen LogP contribution in [-0.2, 0) is 6.42 Å². The van der Waals surface area contributed by atoms with E-state index in [1.165, 1.54) is 11.1 Å². The Labute approximate surface area is 128 Å². The minimum absolute atomic E-state index is 0.430. The van der Waals surface area contributed by atoms with Crippen molar-refractivity contribution in [2.45, 2.75) is 32.7 Å². The minimum atomic E-state index is 0.430. The molecule has 2 aromatic rings. The van der Waals surface area contributed by atoms with E-state index in [9.17, 15) is 0 Å². The largest absolute Gasteiger partial charge is 0.492 e. The Morgan fingerprint density at radius 1 is 0.905 bits per heavy atom. The Bertz CT molecular complexity index is 507. The fourth-order valence-corrected chi connectivity index (χ4v) is 2.34. The van der Waals surface area contributed by atoms with Gasteiger partial charge in [-0.2, -0.15) is 0 Å². The third kappa shape index (κ3) is 5.24. The molecule has 0 spiro atoms. The van der Waals surface area contributed by atoms with Crippen LogP contribution in [-0.4, -0.2) is 19.2 Å². The van der Waals surface area contributed by atoms with Gasteiger partial charge in [-0.15, -0.1) is 0 Å². The molecule has 1 unspecified atom stereocenters. The number of rotatable bonds is 8. The summed E-state index contributed by atoms with van der Waals surface area (Å²) in [6.45, 7) is 6.01. The molecule has 0 heterocycles. The first-order valence-corrected chi connectivity index (χ1v) is 7.80. The van der Waals surface area contributed by atoms with Gasteiger partial charge in [0.25, 0.3) is 0 Å². The Hall–Kier alpha value is -1.80. The lowest BCUT2D eigenvalue weighted by molar-refractivity contribution is 0.262. The second-order valence-corrected chi connectivity index (χ2v) is 5.28. The van der Waals surface area contributed by atoms with E-state index in [-0.39, 0.29) is 0 Å². The van der Waals surface area contributed by atoms with Crippen molar-refractivity contribution in [3.63, 3.8) is 0 Å². The van der Waals surface area contributed by atoms with E-state index in [4.69, 9.17) is 4.74 Å². The molecule has 0 bridgehead atoms.